The molecule has 2 heterocycles. The number of carbonyl (C=O) groups is 1. The van der Waals surface area contributed by atoms with E-state index in [0.717, 1.165) is 12.5 Å². The number of pyridine rings is 1. The van der Waals surface area contributed by atoms with Crippen LogP contribution in [0.1, 0.15) is 19.0 Å². The van der Waals surface area contributed by atoms with E-state index in [-0.39, 0.29) is 12.5 Å². The molecule has 0 N–H and O–H groups in total. The number of carbonyl (C=O) groups excluding carboxylic acids is 1. The summed E-state index contributed by atoms with van der Waals surface area (Å²) >= 11 is 0. The Kier molecular flexibility index (Phi) is 5.81. The van der Waals surface area contributed by atoms with Crippen molar-refractivity contribution in [3.05, 3.63) is 23.9 Å². The minimum absolute atomic E-state index is 0.206. The fraction of sp³-hybridized carbons (Fsp3) is 0.600. The number of halogens is 3. The van der Waals surface area contributed by atoms with E-state index in [0.29, 0.717) is 38.6 Å². The molecule has 0 bridgehead atoms. The van der Waals surface area contributed by atoms with E-state index in [1.807, 2.05) is 9.80 Å². The fourth-order valence-corrected chi connectivity index (χ4v) is 2.50. The molecule has 0 atom stereocenters. The lowest BCUT2D eigenvalue weighted by molar-refractivity contribution is -0.144. The van der Waals surface area contributed by atoms with E-state index >= 15 is 0 Å². The van der Waals surface area contributed by atoms with Gasteiger partial charge in [0.25, 0.3) is 0 Å². The third-order valence-electron chi connectivity index (χ3n) is 3.60. The highest BCUT2D eigenvalue weighted by atomic mass is 19.4. The minimum atomic E-state index is -4.45. The van der Waals surface area contributed by atoms with Crippen LogP contribution in [0.4, 0.5) is 19.0 Å². The van der Waals surface area contributed by atoms with Crippen LogP contribution in [0.5, 0.6) is 0 Å². The van der Waals surface area contributed by atoms with Crippen LogP contribution in [0.25, 0.3) is 0 Å². The maximum absolute atomic E-state index is 12.8. The summed E-state index contributed by atoms with van der Waals surface area (Å²) in [5.74, 6) is 0.0379. The van der Waals surface area contributed by atoms with E-state index in [1.54, 1.807) is 13.0 Å². The molecule has 1 aliphatic heterocycles. The van der Waals surface area contributed by atoms with Crippen LogP contribution in [0, 0.1) is 0 Å². The number of rotatable bonds is 4. The third kappa shape index (κ3) is 5.09. The Bertz CT molecular complexity index is 537. The van der Waals surface area contributed by atoms with Gasteiger partial charge in [0, 0.05) is 26.2 Å². The maximum atomic E-state index is 12.8. The van der Waals surface area contributed by atoms with E-state index in [2.05, 4.69) is 4.98 Å². The van der Waals surface area contributed by atoms with Crippen LogP contribution in [-0.2, 0) is 15.7 Å². The topological polar surface area (TPSA) is 45.7 Å². The van der Waals surface area contributed by atoms with Crippen molar-refractivity contribution < 1.29 is 22.7 Å². The van der Waals surface area contributed by atoms with Crippen LogP contribution in [0.2, 0.25) is 0 Å². The summed E-state index contributed by atoms with van der Waals surface area (Å²) in [5.41, 5.74) is -0.886. The highest BCUT2D eigenvalue weighted by Gasteiger charge is 2.33. The molecule has 23 heavy (non-hydrogen) atoms. The van der Waals surface area contributed by atoms with Gasteiger partial charge in [0.1, 0.15) is 11.5 Å². The first-order valence-corrected chi connectivity index (χ1v) is 7.57. The van der Waals surface area contributed by atoms with Crippen LogP contribution < -0.4 is 4.90 Å². The molecule has 2 rings (SSSR count). The van der Waals surface area contributed by atoms with Crippen LogP contribution >= 0.6 is 0 Å². The quantitative estimate of drug-likeness (QED) is 0.792. The third-order valence-corrected chi connectivity index (χ3v) is 3.60. The summed E-state index contributed by atoms with van der Waals surface area (Å²) in [6.45, 7) is 4.71. The van der Waals surface area contributed by atoms with Gasteiger partial charge in [-0.3, -0.25) is 9.69 Å². The Labute approximate surface area is 133 Å². The molecule has 0 saturated carbocycles. The molecule has 0 aliphatic carbocycles. The SMILES string of the molecule is CCOC(=O)CN1CCCN(c2cccc(C(F)(F)F)n2)CC1. The Morgan fingerprint density at radius 1 is 1.26 bits per heavy atom. The van der Waals surface area contributed by atoms with Gasteiger partial charge in [-0.05, 0) is 25.5 Å². The number of alkyl halides is 3. The monoisotopic (exact) mass is 331 g/mol. The van der Waals surface area contributed by atoms with Gasteiger partial charge in [-0.25, -0.2) is 4.98 Å². The van der Waals surface area contributed by atoms with Crippen molar-refractivity contribution in [2.24, 2.45) is 0 Å². The predicted molar refractivity (Wildman–Crippen MR) is 79.1 cm³/mol. The predicted octanol–water partition coefficient (Wildman–Crippen LogP) is 2.18. The Morgan fingerprint density at radius 2 is 2.04 bits per heavy atom. The van der Waals surface area contributed by atoms with Gasteiger partial charge in [0.05, 0.1) is 13.2 Å². The zero-order valence-corrected chi connectivity index (χ0v) is 13.0. The van der Waals surface area contributed by atoms with Crippen molar-refractivity contribution in [3.8, 4) is 0 Å². The molecular weight excluding hydrogens is 311 g/mol. The normalized spacial score (nSPS) is 17.0. The van der Waals surface area contributed by atoms with Gasteiger partial charge >= 0.3 is 12.1 Å². The van der Waals surface area contributed by atoms with E-state index in [4.69, 9.17) is 4.74 Å². The van der Waals surface area contributed by atoms with Gasteiger partial charge in [-0.2, -0.15) is 13.2 Å². The fourth-order valence-electron chi connectivity index (χ4n) is 2.50. The Hall–Kier alpha value is -1.83. The number of aromatic nitrogens is 1. The number of ether oxygens (including phenoxy) is 1. The Morgan fingerprint density at radius 3 is 2.74 bits per heavy atom. The maximum Gasteiger partial charge on any atom is 0.433 e. The molecule has 8 heteroatoms. The second-order valence-corrected chi connectivity index (χ2v) is 5.30. The number of anilines is 1. The number of nitrogens with zero attached hydrogens (tertiary/aromatic N) is 3. The second-order valence-electron chi connectivity index (χ2n) is 5.30. The molecule has 1 aromatic heterocycles. The van der Waals surface area contributed by atoms with E-state index in [9.17, 15) is 18.0 Å². The number of hydrogen-bond donors (Lipinski definition) is 0. The average molecular weight is 331 g/mol. The van der Waals surface area contributed by atoms with Gasteiger partial charge in [-0.15, -0.1) is 0 Å². The molecule has 0 spiro atoms. The van der Waals surface area contributed by atoms with Crippen molar-refractivity contribution in [1.82, 2.24) is 9.88 Å². The number of hydrogen-bond acceptors (Lipinski definition) is 5. The summed E-state index contributed by atoms with van der Waals surface area (Å²) in [7, 11) is 0. The highest BCUT2D eigenvalue weighted by molar-refractivity contribution is 5.71. The summed E-state index contributed by atoms with van der Waals surface area (Å²) in [5, 5.41) is 0. The largest absolute Gasteiger partial charge is 0.465 e. The Balaban J connectivity index is 1.99. The van der Waals surface area contributed by atoms with Crippen molar-refractivity contribution in [2.75, 3.05) is 44.2 Å². The standard InChI is InChI=1S/C15H20F3N3O2/c1-2-23-14(22)11-20-7-4-8-21(10-9-20)13-6-3-5-12(19-13)15(16,17)18/h3,5-6H,2,4,7-11H2,1H3. The minimum Gasteiger partial charge on any atom is -0.465 e. The lowest BCUT2D eigenvalue weighted by Gasteiger charge is -2.23. The van der Waals surface area contributed by atoms with Crippen molar-refractivity contribution in [3.63, 3.8) is 0 Å². The molecule has 128 valence electrons. The molecule has 0 aromatic carbocycles. The first-order valence-electron chi connectivity index (χ1n) is 7.57. The van der Waals surface area contributed by atoms with Gasteiger partial charge in [0.2, 0.25) is 0 Å². The summed E-state index contributed by atoms with van der Waals surface area (Å²) in [6.07, 6.45) is -3.70. The molecule has 0 amide bonds. The van der Waals surface area contributed by atoms with Crippen molar-refractivity contribution in [1.29, 1.82) is 0 Å². The molecule has 5 nitrogen and oxygen atoms in total. The summed E-state index contributed by atoms with van der Waals surface area (Å²) in [6, 6.07) is 3.91. The summed E-state index contributed by atoms with van der Waals surface area (Å²) < 4.78 is 43.2. The lowest BCUT2D eigenvalue weighted by atomic mass is 10.3. The van der Waals surface area contributed by atoms with Crippen LogP contribution in [0.3, 0.4) is 0 Å². The first-order chi connectivity index (χ1) is 10.9. The first kappa shape index (κ1) is 17.5. The lowest BCUT2D eigenvalue weighted by Crippen LogP contribution is -2.35. The number of esters is 1. The van der Waals surface area contributed by atoms with Crippen LogP contribution in [0.15, 0.2) is 18.2 Å². The van der Waals surface area contributed by atoms with Gasteiger partial charge in [-0.1, -0.05) is 6.07 Å². The average Bonchev–Trinajstić information content (AvgIpc) is 2.72. The van der Waals surface area contributed by atoms with Crippen molar-refractivity contribution >= 4 is 11.8 Å². The second kappa shape index (κ2) is 7.63. The van der Waals surface area contributed by atoms with Crippen LogP contribution in [-0.4, -0.2) is 55.2 Å². The molecule has 1 aromatic rings. The molecule has 1 aliphatic rings. The molecule has 0 unspecified atom stereocenters. The van der Waals surface area contributed by atoms with Crippen molar-refractivity contribution in [2.45, 2.75) is 19.5 Å². The molecule has 1 saturated heterocycles. The smallest absolute Gasteiger partial charge is 0.433 e. The van der Waals surface area contributed by atoms with E-state index < -0.39 is 11.9 Å². The zero-order chi connectivity index (χ0) is 16.9. The van der Waals surface area contributed by atoms with E-state index in [1.165, 1.54) is 6.07 Å². The van der Waals surface area contributed by atoms with Gasteiger partial charge in [0.15, 0.2) is 0 Å². The zero-order valence-electron chi connectivity index (χ0n) is 13.0. The van der Waals surface area contributed by atoms with Gasteiger partial charge < -0.3 is 9.64 Å². The molecule has 0 radical (unpaired) electrons. The molecule has 1 fully saturated rings. The molecular formula is C15H20F3N3O2. The summed E-state index contributed by atoms with van der Waals surface area (Å²) in [4.78, 5) is 19.0. The highest BCUT2D eigenvalue weighted by Crippen LogP contribution is 2.29.